The summed E-state index contributed by atoms with van der Waals surface area (Å²) in [4.78, 5) is 13.9. The van der Waals surface area contributed by atoms with Gasteiger partial charge in [-0.2, -0.15) is 0 Å². The summed E-state index contributed by atoms with van der Waals surface area (Å²) in [5.41, 5.74) is 2.63. The van der Waals surface area contributed by atoms with Crippen LogP contribution in [0, 0.1) is 18.8 Å². The van der Waals surface area contributed by atoms with E-state index in [1.165, 1.54) is 49.9 Å². The lowest BCUT2D eigenvalue weighted by atomic mass is 9.93. The third-order valence-electron chi connectivity index (χ3n) is 6.81. The van der Waals surface area contributed by atoms with Crippen molar-refractivity contribution in [1.29, 1.82) is 0 Å². The fourth-order valence-electron chi connectivity index (χ4n) is 5.35. The third-order valence-corrected chi connectivity index (χ3v) is 6.81. The van der Waals surface area contributed by atoms with E-state index in [1.54, 1.807) is 0 Å². The summed E-state index contributed by atoms with van der Waals surface area (Å²) in [7, 11) is 1.91. The Morgan fingerprint density at radius 1 is 1.23 bits per heavy atom. The van der Waals surface area contributed by atoms with E-state index < -0.39 is 0 Å². The summed E-state index contributed by atoms with van der Waals surface area (Å²) < 4.78 is 0. The maximum absolute atomic E-state index is 4.53. The minimum atomic E-state index is 0.875. The fourth-order valence-corrected chi connectivity index (χ4v) is 5.35. The molecular weight excluding hydrogens is 322 g/mol. The van der Waals surface area contributed by atoms with E-state index in [9.17, 15) is 0 Å². The zero-order valence-electron chi connectivity index (χ0n) is 16.3. The summed E-state index contributed by atoms with van der Waals surface area (Å²) in [5, 5.41) is 3.56. The molecule has 3 fully saturated rings. The molecule has 26 heavy (non-hydrogen) atoms. The number of pyridine rings is 1. The van der Waals surface area contributed by atoms with Gasteiger partial charge in [0.1, 0.15) is 0 Å². The number of aromatic nitrogens is 1. The van der Waals surface area contributed by atoms with Crippen LogP contribution in [-0.2, 0) is 6.42 Å². The fraction of sp³-hybridized carbons (Fsp3) is 0.714. The second kappa shape index (κ2) is 7.95. The zero-order valence-corrected chi connectivity index (χ0v) is 16.3. The lowest BCUT2D eigenvalue weighted by molar-refractivity contribution is 0.0959. The summed E-state index contributed by atoms with van der Waals surface area (Å²) in [5.74, 6) is 3.09. The van der Waals surface area contributed by atoms with Crippen molar-refractivity contribution in [3.8, 4) is 0 Å². The largest absolute Gasteiger partial charge is 0.356 e. The number of guanidine groups is 1. The van der Waals surface area contributed by atoms with Gasteiger partial charge in [0.15, 0.2) is 5.96 Å². The molecule has 5 nitrogen and oxygen atoms in total. The average molecular weight is 356 g/mol. The van der Waals surface area contributed by atoms with Crippen LogP contribution in [0.4, 0.5) is 0 Å². The first-order valence-electron chi connectivity index (χ1n) is 10.3. The molecule has 2 bridgehead atoms. The number of aliphatic imine (C=N–C) groups is 1. The van der Waals surface area contributed by atoms with Crippen molar-refractivity contribution in [2.45, 2.75) is 45.1 Å². The molecule has 1 aliphatic heterocycles. The third kappa shape index (κ3) is 3.73. The molecule has 0 radical (unpaired) electrons. The van der Waals surface area contributed by atoms with Gasteiger partial charge in [0, 0.05) is 58.2 Å². The summed E-state index contributed by atoms with van der Waals surface area (Å²) >= 11 is 0. The van der Waals surface area contributed by atoms with Crippen LogP contribution in [0.25, 0.3) is 0 Å². The first-order chi connectivity index (χ1) is 12.7. The Balaban J connectivity index is 1.24. The van der Waals surface area contributed by atoms with Crippen LogP contribution in [0.15, 0.2) is 23.5 Å². The van der Waals surface area contributed by atoms with Crippen LogP contribution in [0.3, 0.4) is 0 Å². The highest BCUT2D eigenvalue weighted by Crippen LogP contribution is 2.46. The molecule has 0 spiro atoms. The number of nitrogens with one attached hydrogen (secondary N) is 1. The molecule has 1 aromatic rings. The number of aryl methyl sites for hydroxylation is 1. The van der Waals surface area contributed by atoms with Gasteiger partial charge in [0.05, 0.1) is 0 Å². The molecule has 2 heterocycles. The molecule has 4 rings (SSSR count). The van der Waals surface area contributed by atoms with Crippen LogP contribution in [-0.4, -0.2) is 66.6 Å². The summed E-state index contributed by atoms with van der Waals surface area (Å²) in [6, 6.07) is 2.99. The molecular formula is C21H33N5. The highest BCUT2D eigenvalue weighted by Gasteiger charge is 2.42. The van der Waals surface area contributed by atoms with Crippen molar-refractivity contribution in [3.63, 3.8) is 0 Å². The van der Waals surface area contributed by atoms with Crippen LogP contribution in [0.1, 0.15) is 36.8 Å². The van der Waals surface area contributed by atoms with Crippen LogP contribution in [0.5, 0.6) is 0 Å². The van der Waals surface area contributed by atoms with Crippen molar-refractivity contribution < 1.29 is 0 Å². The number of hydrogen-bond donors (Lipinski definition) is 1. The molecule has 3 atom stereocenters. The first kappa shape index (κ1) is 17.8. The Bertz CT molecular complexity index is 635. The standard InChI is InChI=1S/C21H33N5/c1-16-15-23-7-5-18(16)6-8-24-21(22-2)26-11-9-25(10-12-26)20-14-17-3-4-19(20)13-17/h5,7,15,17,19-20H,3-4,6,8-14H2,1-2H3,(H,22,24). The molecule has 2 aliphatic carbocycles. The molecule has 0 amide bonds. The second-order valence-electron chi connectivity index (χ2n) is 8.29. The highest BCUT2D eigenvalue weighted by atomic mass is 15.4. The molecule has 142 valence electrons. The van der Waals surface area contributed by atoms with E-state index in [1.807, 2.05) is 19.4 Å². The normalized spacial score (nSPS) is 29.4. The van der Waals surface area contributed by atoms with Gasteiger partial charge in [-0.25, -0.2) is 0 Å². The van der Waals surface area contributed by atoms with E-state index in [-0.39, 0.29) is 0 Å². The van der Waals surface area contributed by atoms with Gasteiger partial charge in [0.25, 0.3) is 0 Å². The quantitative estimate of drug-likeness (QED) is 0.665. The first-order valence-corrected chi connectivity index (χ1v) is 10.3. The van der Waals surface area contributed by atoms with E-state index in [0.717, 1.165) is 49.9 Å². The van der Waals surface area contributed by atoms with E-state index in [2.05, 4.69) is 38.1 Å². The molecule has 3 unspecified atom stereocenters. The summed E-state index contributed by atoms with van der Waals surface area (Å²) in [6.07, 6.45) is 10.8. The Morgan fingerprint density at radius 3 is 2.73 bits per heavy atom. The Hall–Kier alpha value is -1.62. The van der Waals surface area contributed by atoms with Crippen LogP contribution in [0.2, 0.25) is 0 Å². The molecule has 3 aliphatic rings. The Labute approximate surface area is 157 Å². The van der Waals surface area contributed by atoms with E-state index >= 15 is 0 Å². The smallest absolute Gasteiger partial charge is 0.193 e. The van der Waals surface area contributed by atoms with Crippen molar-refractivity contribution in [2.24, 2.45) is 16.8 Å². The van der Waals surface area contributed by atoms with Crippen molar-refractivity contribution in [3.05, 3.63) is 29.6 Å². The van der Waals surface area contributed by atoms with E-state index in [4.69, 9.17) is 0 Å². The number of rotatable bonds is 4. The van der Waals surface area contributed by atoms with Gasteiger partial charge in [-0.1, -0.05) is 6.42 Å². The lowest BCUT2D eigenvalue weighted by Crippen LogP contribution is -2.55. The van der Waals surface area contributed by atoms with Gasteiger partial charge in [-0.3, -0.25) is 14.9 Å². The molecule has 2 saturated carbocycles. The second-order valence-corrected chi connectivity index (χ2v) is 8.29. The topological polar surface area (TPSA) is 43.8 Å². The maximum atomic E-state index is 4.53. The van der Waals surface area contributed by atoms with Crippen molar-refractivity contribution in [1.82, 2.24) is 20.1 Å². The van der Waals surface area contributed by atoms with Crippen LogP contribution < -0.4 is 5.32 Å². The zero-order chi connectivity index (χ0) is 17.9. The predicted octanol–water partition coefficient (Wildman–Crippen LogP) is 2.31. The van der Waals surface area contributed by atoms with Crippen LogP contribution >= 0.6 is 0 Å². The predicted molar refractivity (Wildman–Crippen MR) is 106 cm³/mol. The molecule has 0 aromatic carbocycles. The number of fused-ring (bicyclic) bond motifs is 2. The highest BCUT2D eigenvalue weighted by molar-refractivity contribution is 5.80. The molecule has 1 N–H and O–H groups in total. The van der Waals surface area contributed by atoms with Gasteiger partial charge >= 0.3 is 0 Å². The lowest BCUT2D eigenvalue weighted by Gasteiger charge is -2.42. The molecule has 1 aromatic heterocycles. The van der Waals surface area contributed by atoms with Gasteiger partial charge in [-0.05, 0) is 61.6 Å². The van der Waals surface area contributed by atoms with Gasteiger partial charge < -0.3 is 10.2 Å². The monoisotopic (exact) mass is 355 g/mol. The Morgan fingerprint density at radius 2 is 2.08 bits per heavy atom. The maximum Gasteiger partial charge on any atom is 0.193 e. The molecule has 1 saturated heterocycles. The summed E-state index contributed by atoms with van der Waals surface area (Å²) in [6.45, 7) is 7.63. The van der Waals surface area contributed by atoms with Gasteiger partial charge in [0.2, 0.25) is 0 Å². The van der Waals surface area contributed by atoms with Gasteiger partial charge in [-0.15, -0.1) is 0 Å². The average Bonchev–Trinajstić information content (AvgIpc) is 3.30. The minimum absolute atomic E-state index is 0.875. The number of piperazine rings is 1. The van der Waals surface area contributed by atoms with E-state index in [0.29, 0.717) is 0 Å². The SMILES string of the molecule is CN=C(NCCc1ccncc1C)N1CCN(C2CC3CCC2C3)CC1. The van der Waals surface area contributed by atoms with Crippen molar-refractivity contribution in [2.75, 3.05) is 39.8 Å². The number of hydrogen-bond acceptors (Lipinski definition) is 3. The van der Waals surface area contributed by atoms with Crippen molar-refractivity contribution >= 4 is 5.96 Å². The minimum Gasteiger partial charge on any atom is -0.356 e. The molecule has 5 heteroatoms. The Kier molecular flexibility index (Phi) is 5.44. The number of nitrogens with zero attached hydrogens (tertiary/aromatic N) is 4.